The molecule has 1 aromatic rings. The highest BCUT2D eigenvalue weighted by Gasteiger charge is 2.32. The van der Waals surface area contributed by atoms with Crippen LogP contribution in [0.4, 0.5) is 5.69 Å². The molecule has 3 atom stereocenters. The van der Waals surface area contributed by atoms with Gasteiger partial charge < -0.3 is 10.1 Å². The van der Waals surface area contributed by atoms with Gasteiger partial charge in [-0.05, 0) is 54.9 Å². The maximum absolute atomic E-state index is 6.06. The lowest BCUT2D eigenvalue weighted by atomic mass is 9.75. The van der Waals surface area contributed by atoms with Gasteiger partial charge in [0.15, 0.2) is 0 Å². The minimum Gasteiger partial charge on any atom is -0.467 e. The highest BCUT2D eigenvalue weighted by atomic mass is 32.1. The molecule has 0 saturated heterocycles. The summed E-state index contributed by atoms with van der Waals surface area (Å²) in [6.45, 7) is 6.87. The molecule has 1 aliphatic rings. The van der Waals surface area contributed by atoms with Gasteiger partial charge in [-0.3, -0.25) is 0 Å². The van der Waals surface area contributed by atoms with E-state index in [2.05, 4.69) is 26.1 Å². The predicted octanol–water partition coefficient (Wildman–Crippen LogP) is 4.86. The highest BCUT2D eigenvalue weighted by molar-refractivity contribution is 7.80. The van der Waals surface area contributed by atoms with E-state index in [0.717, 1.165) is 18.0 Å². The van der Waals surface area contributed by atoms with Gasteiger partial charge in [-0.25, -0.2) is 0 Å². The molecule has 20 heavy (non-hydrogen) atoms. The average molecular weight is 291 g/mol. The Morgan fingerprint density at radius 3 is 2.60 bits per heavy atom. The maximum atomic E-state index is 6.06. The summed E-state index contributed by atoms with van der Waals surface area (Å²) in [4.78, 5) is 0. The Bertz CT molecular complexity index is 432. The second kappa shape index (κ2) is 7.07. The monoisotopic (exact) mass is 291 g/mol. The zero-order chi connectivity index (χ0) is 14.5. The summed E-state index contributed by atoms with van der Waals surface area (Å²) in [5.74, 6) is 1.99. The number of rotatable bonds is 3. The Morgan fingerprint density at radius 2 is 1.95 bits per heavy atom. The molecule has 1 N–H and O–H groups in total. The SMILES string of the molecule is CC(C)[C@@H]1CC[C@@H](C)C[C@H]1OC(=S)Nc1ccccc1. The Kier molecular flexibility index (Phi) is 5.41. The molecule has 0 spiro atoms. The summed E-state index contributed by atoms with van der Waals surface area (Å²) in [7, 11) is 0. The summed E-state index contributed by atoms with van der Waals surface area (Å²) >= 11 is 5.36. The van der Waals surface area contributed by atoms with Gasteiger partial charge in [0.05, 0.1) is 0 Å². The van der Waals surface area contributed by atoms with Gasteiger partial charge in [0.25, 0.3) is 5.17 Å². The zero-order valence-corrected chi connectivity index (χ0v) is 13.5. The second-order valence-electron chi connectivity index (χ2n) is 6.26. The lowest BCUT2D eigenvalue weighted by Gasteiger charge is -2.37. The molecule has 2 rings (SSSR count). The van der Waals surface area contributed by atoms with E-state index in [4.69, 9.17) is 17.0 Å². The van der Waals surface area contributed by atoms with Crippen LogP contribution in [-0.2, 0) is 4.74 Å². The molecule has 1 aromatic carbocycles. The average Bonchev–Trinajstić information content (AvgIpc) is 2.39. The fourth-order valence-electron chi connectivity index (χ4n) is 3.06. The number of hydrogen-bond donors (Lipinski definition) is 1. The van der Waals surface area contributed by atoms with Crippen molar-refractivity contribution in [1.29, 1.82) is 0 Å². The van der Waals surface area contributed by atoms with Crippen molar-refractivity contribution in [2.24, 2.45) is 17.8 Å². The minimum atomic E-state index is 0.252. The van der Waals surface area contributed by atoms with E-state index in [-0.39, 0.29) is 6.10 Å². The summed E-state index contributed by atoms with van der Waals surface area (Å²) in [5.41, 5.74) is 0.988. The summed E-state index contributed by atoms with van der Waals surface area (Å²) in [6, 6.07) is 9.97. The van der Waals surface area contributed by atoms with E-state index < -0.39 is 0 Å². The molecule has 1 fully saturated rings. The first-order valence-corrected chi connectivity index (χ1v) is 7.99. The van der Waals surface area contributed by atoms with Gasteiger partial charge in [0.1, 0.15) is 6.10 Å². The smallest absolute Gasteiger partial charge is 0.261 e. The molecule has 0 amide bonds. The lowest BCUT2D eigenvalue weighted by Crippen LogP contribution is -2.36. The molecule has 0 heterocycles. The van der Waals surface area contributed by atoms with E-state index in [1.54, 1.807) is 0 Å². The van der Waals surface area contributed by atoms with Crippen molar-refractivity contribution in [3.05, 3.63) is 30.3 Å². The van der Waals surface area contributed by atoms with E-state index in [0.29, 0.717) is 17.0 Å². The Balaban J connectivity index is 1.94. The molecule has 2 nitrogen and oxygen atoms in total. The van der Waals surface area contributed by atoms with E-state index in [1.807, 2.05) is 30.3 Å². The van der Waals surface area contributed by atoms with Crippen LogP contribution in [0, 0.1) is 17.8 Å². The van der Waals surface area contributed by atoms with Gasteiger partial charge in [0.2, 0.25) is 0 Å². The molecule has 1 saturated carbocycles. The first-order valence-electron chi connectivity index (χ1n) is 7.59. The molecule has 3 heteroatoms. The van der Waals surface area contributed by atoms with Crippen molar-refractivity contribution >= 4 is 23.1 Å². The van der Waals surface area contributed by atoms with E-state index in [9.17, 15) is 0 Å². The van der Waals surface area contributed by atoms with E-state index in [1.165, 1.54) is 12.8 Å². The van der Waals surface area contributed by atoms with Crippen LogP contribution in [0.25, 0.3) is 0 Å². The fourth-order valence-corrected chi connectivity index (χ4v) is 3.30. The lowest BCUT2D eigenvalue weighted by molar-refractivity contribution is 0.0395. The first kappa shape index (κ1) is 15.3. The first-order chi connectivity index (χ1) is 9.56. The third kappa shape index (κ3) is 4.20. The maximum Gasteiger partial charge on any atom is 0.261 e. The summed E-state index contributed by atoms with van der Waals surface area (Å²) in [6.07, 6.45) is 3.92. The Hall–Kier alpha value is -1.09. The zero-order valence-electron chi connectivity index (χ0n) is 12.6. The van der Waals surface area contributed by atoms with Crippen molar-refractivity contribution in [1.82, 2.24) is 0 Å². The van der Waals surface area contributed by atoms with Gasteiger partial charge in [-0.15, -0.1) is 0 Å². The standard InChI is InChI=1S/C17H25NOS/c1-12(2)15-10-9-13(3)11-16(15)19-17(20)18-14-7-5-4-6-8-14/h4-8,12-13,15-16H,9-11H2,1-3H3,(H,18,20)/t13-,15+,16-/m1/s1. The quantitative estimate of drug-likeness (QED) is 0.804. The molecule has 0 aromatic heterocycles. The van der Waals surface area contributed by atoms with Crippen LogP contribution in [0.2, 0.25) is 0 Å². The number of nitrogens with one attached hydrogen (secondary N) is 1. The normalized spacial score (nSPS) is 26.3. The van der Waals surface area contributed by atoms with Crippen LogP contribution in [0.1, 0.15) is 40.0 Å². The third-order valence-electron chi connectivity index (χ3n) is 4.24. The predicted molar refractivity (Wildman–Crippen MR) is 88.9 cm³/mol. The van der Waals surface area contributed by atoms with Crippen LogP contribution in [-0.4, -0.2) is 11.3 Å². The molecular formula is C17H25NOS. The van der Waals surface area contributed by atoms with Crippen LogP contribution >= 0.6 is 12.2 Å². The number of hydrogen-bond acceptors (Lipinski definition) is 2. The van der Waals surface area contributed by atoms with Gasteiger partial charge in [0, 0.05) is 5.69 Å². The number of thiocarbonyl (C=S) groups is 1. The largest absolute Gasteiger partial charge is 0.467 e. The number of benzene rings is 1. The van der Waals surface area contributed by atoms with Crippen LogP contribution in [0.3, 0.4) is 0 Å². The Labute approximate surface area is 127 Å². The Morgan fingerprint density at radius 1 is 1.25 bits per heavy atom. The van der Waals surface area contributed by atoms with Gasteiger partial charge in [-0.1, -0.05) is 45.4 Å². The molecule has 0 bridgehead atoms. The van der Waals surface area contributed by atoms with Crippen LogP contribution in [0.15, 0.2) is 30.3 Å². The summed E-state index contributed by atoms with van der Waals surface area (Å²) < 4.78 is 6.06. The number of para-hydroxylation sites is 1. The van der Waals surface area contributed by atoms with Crippen molar-refractivity contribution in [2.75, 3.05) is 5.32 Å². The molecule has 0 unspecified atom stereocenters. The van der Waals surface area contributed by atoms with Crippen molar-refractivity contribution in [3.63, 3.8) is 0 Å². The molecule has 0 aliphatic heterocycles. The highest BCUT2D eigenvalue weighted by Crippen LogP contribution is 2.35. The van der Waals surface area contributed by atoms with Crippen molar-refractivity contribution < 1.29 is 4.74 Å². The van der Waals surface area contributed by atoms with Crippen molar-refractivity contribution in [3.8, 4) is 0 Å². The van der Waals surface area contributed by atoms with E-state index >= 15 is 0 Å². The number of anilines is 1. The molecular weight excluding hydrogens is 266 g/mol. The van der Waals surface area contributed by atoms with Crippen LogP contribution < -0.4 is 5.32 Å². The fraction of sp³-hybridized carbons (Fsp3) is 0.588. The van der Waals surface area contributed by atoms with Gasteiger partial charge >= 0.3 is 0 Å². The molecule has 1 aliphatic carbocycles. The topological polar surface area (TPSA) is 21.3 Å². The third-order valence-corrected chi connectivity index (χ3v) is 4.44. The number of ether oxygens (including phenoxy) is 1. The van der Waals surface area contributed by atoms with Crippen LogP contribution in [0.5, 0.6) is 0 Å². The van der Waals surface area contributed by atoms with Gasteiger partial charge in [-0.2, -0.15) is 0 Å². The molecule has 110 valence electrons. The van der Waals surface area contributed by atoms with Crippen molar-refractivity contribution in [2.45, 2.75) is 46.1 Å². The second-order valence-corrected chi connectivity index (χ2v) is 6.63. The summed E-state index contributed by atoms with van der Waals surface area (Å²) in [5, 5.41) is 3.67. The molecule has 0 radical (unpaired) electrons. The minimum absolute atomic E-state index is 0.252.